The normalized spacial score (nSPS) is 19.0. The third-order valence-corrected chi connectivity index (χ3v) is 4.78. The summed E-state index contributed by atoms with van der Waals surface area (Å²) in [5.41, 5.74) is 1.04. The van der Waals surface area contributed by atoms with Gasteiger partial charge in [0.2, 0.25) is 11.8 Å². The van der Waals surface area contributed by atoms with E-state index in [1.807, 2.05) is 47.1 Å². The predicted octanol–water partition coefficient (Wildman–Crippen LogP) is 0.563. The standard InChI is InChI=1S/C18H25N5O2/c1-19-18(25)15-12-21(2)9-10-22(13-15)17(24)7-8-23-16-6-4-3-5-14(16)11-20-23/h3-6,11,15H,7-10,12-13H2,1-2H3,(H,19,25)/t15-/m1/s1. The molecule has 7 nitrogen and oxygen atoms in total. The Kier molecular flexibility index (Phi) is 5.33. The molecule has 1 atom stereocenters. The van der Waals surface area contributed by atoms with Gasteiger partial charge in [-0.3, -0.25) is 14.3 Å². The molecule has 134 valence electrons. The Morgan fingerprint density at radius 3 is 2.84 bits per heavy atom. The highest BCUT2D eigenvalue weighted by atomic mass is 16.2. The second-order valence-electron chi connectivity index (χ2n) is 6.59. The lowest BCUT2D eigenvalue weighted by Crippen LogP contribution is -2.41. The first-order chi connectivity index (χ1) is 12.1. The molecule has 1 fully saturated rings. The van der Waals surface area contributed by atoms with Gasteiger partial charge >= 0.3 is 0 Å². The number of fused-ring (bicyclic) bond motifs is 1. The van der Waals surface area contributed by atoms with Gasteiger partial charge in [-0.25, -0.2) is 0 Å². The molecule has 1 aromatic carbocycles. The van der Waals surface area contributed by atoms with E-state index in [0.717, 1.165) is 17.4 Å². The zero-order valence-corrected chi connectivity index (χ0v) is 14.8. The molecule has 2 aromatic rings. The van der Waals surface area contributed by atoms with Crippen LogP contribution in [0.25, 0.3) is 10.9 Å². The van der Waals surface area contributed by atoms with Crippen LogP contribution in [0.5, 0.6) is 0 Å². The first kappa shape index (κ1) is 17.4. The summed E-state index contributed by atoms with van der Waals surface area (Å²) >= 11 is 0. The highest BCUT2D eigenvalue weighted by Crippen LogP contribution is 2.14. The maximum absolute atomic E-state index is 12.7. The number of carbonyl (C=O) groups excluding carboxylic acids is 2. The van der Waals surface area contributed by atoms with Gasteiger partial charge in [0.15, 0.2) is 0 Å². The van der Waals surface area contributed by atoms with Gasteiger partial charge in [-0.05, 0) is 13.1 Å². The fourth-order valence-corrected chi connectivity index (χ4v) is 3.33. The second-order valence-corrected chi connectivity index (χ2v) is 6.59. The van der Waals surface area contributed by atoms with E-state index < -0.39 is 0 Å². The van der Waals surface area contributed by atoms with Crippen molar-refractivity contribution in [2.75, 3.05) is 40.3 Å². The molecule has 1 saturated heterocycles. The number of rotatable bonds is 4. The number of hydrogen-bond acceptors (Lipinski definition) is 4. The predicted molar refractivity (Wildman–Crippen MR) is 96.0 cm³/mol. The topological polar surface area (TPSA) is 70.5 Å². The molecular formula is C18H25N5O2. The number of aromatic nitrogens is 2. The fourth-order valence-electron chi connectivity index (χ4n) is 3.33. The molecule has 2 heterocycles. The van der Waals surface area contributed by atoms with Gasteiger partial charge in [-0.1, -0.05) is 18.2 Å². The van der Waals surface area contributed by atoms with Crippen molar-refractivity contribution in [3.63, 3.8) is 0 Å². The summed E-state index contributed by atoms with van der Waals surface area (Å²) in [5, 5.41) is 8.15. The molecule has 0 unspecified atom stereocenters. The molecule has 2 amide bonds. The van der Waals surface area contributed by atoms with Crippen LogP contribution in [0.2, 0.25) is 0 Å². The average molecular weight is 343 g/mol. The summed E-state index contributed by atoms with van der Waals surface area (Å²) < 4.78 is 1.87. The van der Waals surface area contributed by atoms with Crippen LogP contribution in [0.15, 0.2) is 30.5 Å². The fraction of sp³-hybridized carbons (Fsp3) is 0.500. The summed E-state index contributed by atoms with van der Waals surface area (Å²) in [5.74, 6) is -0.125. The maximum atomic E-state index is 12.7. The number of carbonyl (C=O) groups is 2. The van der Waals surface area contributed by atoms with Crippen LogP contribution < -0.4 is 5.32 Å². The van der Waals surface area contributed by atoms with Gasteiger partial charge in [0.1, 0.15) is 0 Å². The van der Waals surface area contributed by atoms with Crippen LogP contribution in [0.4, 0.5) is 0 Å². The molecule has 7 heteroatoms. The summed E-state index contributed by atoms with van der Waals surface area (Å²) in [7, 11) is 3.63. The summed E-state index contributed by atoms with van der Waals surface area (Å²) in [4.78, 5) is 28.6. The van der Waals surface area contributed by atoms with Crippen LogP contribution in [0.3, 0.4) is 0 Å². The highest BCUT2D eigenvalue weighted by Gasteiger charge is 2.28. The lowest BCUT2D eigenvalue weighted by atomic mass is 10.1. The minimum Gasteiger partial charge on any atom is -0.359 e. The Labute approximate surface area is 147 Å². The minimum absolute atomic E-state index is 0.00961. The van der Waals surface area contributed by atoms with Crippen molar-refractivity contribution < 1.29 is 9.59 Å². The van der Waals surface area contributed by atoms with Crippen molar-refractivity contribution in [2.45, 2.75) is 13.0 Å². The van der Waals surface area contributed by atoms with Crippen molar-refractivity contribution >= 4 is 22.7 Å². The number of aryl methyl sites for hydroxylation is 1. The number of amides is 2. The molecule has 3 rings (SSSR count). The first-order valence-corrected chi connectivity index (χ1v) is 8.67. The molecule has 0 saturated carbocycles. The van der Waals surface area contributed by atoms with Gasteiger partial charge < -0.3 is 15.1 Å². The number of nitrogens with one attached hydrogen (secondary N) is 1. The van der Waals surface area contributed by atoms with E-state index in [1.165, 1.54) is 0 Å². The van der Waals surface area contributed by atoms with Gasteiger partial charge in [0, 0.05) is 45.0 Å². The molecule has 0 aliphatic carbocycles. The zero-order chi connectivity index (χ0) is 17.8. The second kappa shape index (κ2) is 7.65. The van der Waals surface area contributed by atoms with Crippen molar-refractivity contribution in [1.29, 1.82) is 0 Å². The maximum Gasteiger partial charge on any atom is 0.225 e. The molecule has 1 aromatic heterocycles. The molecular weight excluding hydrogens is 318 g/mol. The van der Waals surface area contributed by atoms with Crippen LogP contribution >= 0.6 is 0 Å². The Balaban J connectivity index is 1.64. The molecule has 0 spiro atoms. The molecule has 0 bridgehead atoms. The highest BCUT2D eigenvalue weighted by molar-refractivity contribution is 5.81. The summed E-state index contributed by atoms with van der Waals surface area (Å²) in [6.45, 7) is 3.13. The van der Waals surface area contributed by atoms with E-state index in [1.54, 1.807) is 7.05 Å². The van der Waals surface area contributed by atoms with Crippen LogP contribution in [0, 0.1) is 5.92 Å². The number of para-hydroxylation sites is 1. The Morgan fingerprint density at radius 2 is 2.04 bits per heavy atom. The lowest BCUT2D eigenvalue weighted by molar-refractivity contribution is -0.133. The monoisotopic (exact) mass is 343 g/mol. The number of nitrogens with zero attached hydrogens (tertiary/aromatic N) is 4. The third kappa shape index (κ3) is 3.99. The average Bonchev–Trinajstić information content (AvgIpc) is 2.93. The Morgan fingerprint density at radius 1 is 1.24 bits per heavy atom. The van der Waals surface area contributed by atoms with Crippen LogP contribution in [0.1, 0.15) is 6.42 Å². The van der Waals surface area contributed by atoms with Gasteiger partial charge in [-0.15, -0.1) is 0 Å². The van der Waals surface area contributed by atoms with Crippen molar-refractivity contribution in [2.24, 2.45) is 5.92 Å². The molecule has 0 radical (unpaired) electrons. The largest absolute Gasteiger partial charge is 0.359 e. The van der Waals surface area contributed by atoms with E-state index in [2.05, 4.69) is 15.3 Å². The quantitative estimate of drug-likeness (QED) is 0.881. The molecule has 1 aliphatic rings. The number of likely N-dealkylation sites (N-methyl/N-ethyl adjacent to an activating group) is 1. The van der Waals surface area contributed by atoms with E-state index >= 15 is 0 Å². The van der Waals surface area contributed by atoms with Crippen LogP contribution in [-0.2, 0) is 16.1 Å². The van der Waals surface area contributed by atoms with Crippen LogP contribution in [-0.4, -0.2) is 71.7 Å². The van der Waals surface area contributed by atoms with E-state index in [9.17, 15) is 9.59 Å². The summed E-state index contributed by atoms with van der Waals surface area (Å²) in [6.07, 6.45) is 2.21. The van der Waals surface area contributed by atoms with E-state index in [0.29, 0.717) is 32.6 Å². The third-order valence-electron chi connectivity index (χ3n) is 4.78. The van der Waals surface area contributed by atoms with Crippen molar-refractivity contribution in [3.05, 3.63) is 30.5 Å². The smallest absolute Gasteiger partial charge is 0.225 e. The molecule has 25 heavy (non-hydrogen) atoms. The lowest BCUT2D eigenvalue weighted by Gasteiger charge is -2.23. The first-order valence-electron chi connectivity index (χ1n) is 8.67. The number of hydrogen-bond donors (Lipinski definition) is 1. The molecule has 1 aliphatic heterocycles. The summed E-state index contributed by atoms with van der Waals surface area (Å²) in [6, 6.07) is 7.97. The Bertz CT molecular complexity index is 757. The van der Waals surface area contributed by atoms with Gasteiger partial charge in [0.25, 0.3) is 0 Å². The number of benzene rings is 1. The van der Waals surface area contributed by atoms with Crippen molar-refractivity contribution in [3.8, 4) is 0 Å². The van der Waals surface area contributed by atoms with E-state index in [-0.39, 0.29) is 17.7 Å². The molecule has 1 N–H and O–H groups in total. The zero-order valence-electron chi connectivity index (χ0n) is 14.8. The van der Waals surface area contributed by atoms with Crippen molar-refractivity contribution in [1.82, 2.24) is 24.9 Å². The SMILES string of the molecule is CNC(=O)[C@@H]1CN(C)CCN(C(=O)CCn2ncc3ccccc32)C1. The van der Waals surface area contributed by atoms with Gasteiger partial charge in [0.05, 0.1) is 24.2 Å². The van der Waals surface area contributed by atoms with E-state index in [4.69, 9.17) is 0 Å². The minimum atomic E-state index is -0.188. The van der Waals surface area contributed by atoms with Gasteiger partial charge in [-0.2, -0.15) is 5.10 Å². The Hall–Kier alpha value is -2.41.